The average molecular weight is 400 g/mol. The minimum Gasteiger partial charge on any atom is -0.404 e. The van der Waals surface area contributed by atoms with E-state index in [1.165, 1.54) is 0 Å². The van der Waals surface area contributed by atoms with E-state index in [0.29, 0.717) is 0 Å². The highest BCUT2D eigenvalue weighted by molar-refractivity contribution is 6.47. The highest BCUT2D eigenvalue weighted by Crippen LogP contribution is 2.44. The van der Waals surface area contributed by atoms with Crippen LogP contribution in [0, 0.1) is 11.3 Å². The molecule has 126 valence electrons. The number of tetrazole rings is 1. The number of H-pyrrole nitrogens is 1. The zero-order valence-corrected chi connectivity index (χ0v) is 13.4. The van der Waals surface area contributed by atoms with Gasteiger partial charge in [-0.25, -0.2) is 0 Å². The molecule has 0 bridgehead atoms. The summed E-state index contributed by atoms with van der Waals surface area (Å²) in [6.45, 7) is 0. The number of hydrogen-bond acceptors (Lipinski definition) is 6. The first kappa shape index (κ1) is 18.1. The lowest BCUT2D eigenvalue weighted by Gasteiger charge is -2.15. The topological polar surface area (TPSA) is 99.5 Å². The number of nitrogens with zero attached hydrogens (tertiary/aromatic N) is 4. The van der Waals surface area contributed by atoms with Crippen LogP contribution < -0.4 is 10.1 Å². The standard InChI is InChI=1S/C11H4Cl3F3N6O/c12-5-1-6(24-11(15,16)17)7(13)8(14)9(5)19-3-4(2-18)10-20-22-23-21-10/h1,3,19H,(H,20,21,22,23). The highest BCUT2D eigenvalue weighted by Gasteiger charge is 2.33. The van der Waals surface area contributed by atoms with Gasteiger partial charge in [-0.15, -0.1) is 23.4 Å². The fourth-order valence-corrected chi connectivity index (χ4v) is 2.21. The fourth-order valence-electron chi connectivity index (χ4n) is 1.47. The third kappa shape index (κ3) is 4.19. The number of anilines is 1. The number of benzene rings is 1. The SMILES string of the molecule is N#CC(=CNc1c(Cl)cc(OC(F)(F)F)c(Cl)c1Cl)c1nn[nH]n1. The van der Waals surface area contributed by atoms with Gasteiger partial charge in [0.1, 0.15) is 16.7 Å². The van der Waals surface area contributed by atoms with Crippen LogP contribution >= 0.6 is 34.8 Å². The maximum atomic E-state index is 12.3. The van der Waals surface area contributed by atoms with Crippen LogP contribution in [0.15, 0.2) is 12.3 Å². The summed E-state index contributed by atoms with van der Waals surface area (Å²) in [5.74, 6) is -0.771. The van der Waals surface area contributed by atoms with Crippen molar-refractivity contribution in [1.29, 1.82) is 5.26 Å². The zero-order valence-electron chi connectivity index (χ0n) is 11.1. The van der Waals surface area contributed by atoms with E-state index in [1.807, 2.05) is 0 Å². The van der Waals surface area contributed by atoms with E-state index in [9.17, 15) is 13.2 Å². The van der Waals surface area contributed by atoms with Crippen LogP contribution in [0.1, 0.15) is 5.82 Å². The molecular formula is C11H4Cl3F3N6O. The number of halogens is 6. The van der Waals surface area contributed by atoms with Gasteiger partial charge in [0.05, 0.1) is 15.7 Å². The molecule has 0 radical (unpaired) electrons. The summed E-state index contributed by atoms with van der Waals surface area (Å²) in [6, 6.07) is 2.62. The first-order valence-electron chi connectivity index (χ1n) is 5.76. The Morgan fingerprint density at radius 2 is 2.04 bits per heavy atom. The quantitative estimate of drug-likeness (QED) is 0.595. The fraction of sp³-hybridized carbons (Fsp3) is 0.0909. The molecule has 0 atom stereocenters. The Balaban J connectivity index is 2.35. The second-order valence-corrected chi connectivity index (χ2v) is 5.12. The second-order valence-electron chi connectivity index (χ2n) is 3.96. The Morgan fingerprint density at radius 3 is 2.58 bits per heavy atom. The summed E-state index contributed by atoms with van der Waals surface area (Å²) in [5.41, 5.74) is -0.0725. The van der Waals surface area contributed by atoms with Gasteiger partial charge in [0.15, 0.2) is 5.75 Å². The van der Waals surface area contributed by atoms with E-state index in [4.69, 9.17) is 40.1 Å². The first-order chi connectivity index (χ1) is 11.2. The van der Waals surface area contributed by atoms with Crippen molar-refractivity contribution in [3.63, 3.8) is 0 Å². The molecule has 1 aromatic heterocycles. The minimum absolute atomic E-state index is 0.0135. The summed E-state index contributed by atoms with van der Waals surface area (Å²) in [4.78, 5) is 0. The van der Waals surface area contributed by atoms with Gasteiger partial charge in [0.25, 0.3) is 0 Å². The maximum Gasteiger partial charge on any atom is 0.573 e. The van der Waals surface area contributed by atoms with Crippen LogP contribution in [0.3, 0.4) is 0 Å². The summed E-state index contributed by atoms with van der Waals surface area (Å²) in [7, 11) is 0. The third-order valence-corrected chi connectivity index (χ3v) is 3.57. The number of allylic oxidation sites excluding steroid dienone is 1. The number of aromatic amines is 1. The van der Waals surface area contributed by atoms with Gasteiger partial charge >= 0.3 is 6.36 Å². The first-order valence-corrected chi connectivity index (χ1v) is 6.90. The number of ether oxygens (including phenoxy) is 1. The summed E-state index contributed by atoms with van der Waals surface area (Å²) in [6.07, 6.45) is -3.82. The van der Waals surface area contributed by atoms with E-state index in [0.717, 1.165) is 12.3 Å². The Bertz CT molecular complexity index is 816. The van der Waals surface area contributed by atoms with Crippen molar-refractivity contribution in [2.24, 2.45) is 0 Å². The Morgan fingerprint density at radius 1 is 1.33 bits per heavy atom. The molecule has 1 heterocycles. The van der Waals surface area contributed by atoms with Crippen LogP contribution in [0.2, 0.25) is 15.1 Å². The van der Waals surface area contributed by atoms with E-state index in [2.05, 4.69) is 30.7 Å². The predicted octanol–water partition coefficient (Wildman–Crippen LogP) is 4.04. The number of nitriles is 1. The van der Waals surface area contributed by atoms with E-state index in [1.54, 1.807) is 6.07 Å². The van der Waals surface area contributed by atoms with Gasteiger partial charge in [-0.3, -0.25) is 0 Å². The summed E-state index contributed by atoms with van der Waals surface area (Å²) >= 11 is 17.5. The molecule has 13 heteroatoms. The van der Waals surface area contributed by atoms with Gasteiger partial charge in [-0.2, -0.15) is 10.5 Å². The molecule has 0 spiro atoms. The average Bonchev–Trinajstić information content (AvgIpc) is 3.01. The van der Waals surface area contributed by atoms with Crippen LogP contribution in [0.4, 0.5) is 18.9 Å². The van der Waals surface area contributed by atoms with E-state index >= 15 is 0 Å². The number of rotatable bonds is 4. The van der Waals surface area contributed by atoms with Gasteiger partial charge in [-0.1, -0.05) is 34.8 Å². The van der Waals surface area contributed by atoms with Crippen LogP contribution in [0.25, 0.3) is 5.57 Å². The van der Waals surface area contributed by atoms with Gasteiger partial charge in [-0.05, 0) is 5.21 Å². The molecule has 2 rings (SSSR count). The van der Waals surface area contributed by atoms with E-state index < -0.39 is 17.1 Å². The molecule has 0 saturated carbocycles. The Hall–Kier alpha value is -2.22. The van der Waals surface area contributed by atoms with E-state index in [-0.39, 0.29) is 27.1 Å². The molecule has 0 aliphatic heterocycles. The lowest BCUT2D eigenvalue weighted by molar-refractivity contribution is -0.274. The van der Waals surface area contributed by atoms with Crippen molar-refractivity contribution in [2.75, 3.05) is 5.32 Å². The van der Waals surface area contributed by atoms with Crippen LogP contribution in [0.5, 0.6) is 5.75 Å². The molecular weight excluding hydrogens is 396 g/mol. The maximum absolute atomic E-state index is 12.3. The molecule has 0 amide bonds. The normalized spacial score (nSPS) is 12.0. The third-order valence-electron chi connectivity index (χ3n) is 2.42. The Labute approximate surface area is 146 Å². The van der Waals surface area contributed by atoms with Crippen molar-refractivity contribution in [3.05, 3.63) is 33.2 Å². The van der Waals surface area contributed by atoms with Crippen molar-refractivity contribution in [3.8, 4) is 11.8 Å². The van der Waals surface area contributed by atoms with Crippen molar-refractivity contribution >= 4 is 46.1 Å². The molecule has 24 heavy (non-hydrogen) atoms. The van der Waals surface area contributed by atoms with Gasteiger partial charge in [0, 0.05) is 12.3 Å². The molecule has 2 N–H and O–H groups in total. The zero-order chi connectivity index (χ0) is 17.9. The largest absolute Gasteiger partial charge is 0.573 e. The molecule has 1 aromatic carbocycles. The monoisotopic (exact) mass is 398 g/mol. The predicted molar refractivity (Wildman–Crippen MR) is 79.5 cm³/mol. The summed E-state index contributed by atoms with van der Waals surface area (Å²) in [5, 5.41) is 23.2. The molecule has 0 fully saturated rings. The molecule has 0 saturated heterocycles. The smallest absolute Gasteiger partial charge is 0.404 e. The molecule has 2 aromatic rings. The number of aromatic nitrogens is 4. The van der Waals surface area contributed by atoms with Crippen molar-refractivity contribution in [2.45, 2.75) is 6.36 Å². The number of nitrogens with one attached hydrogen (secondary N) is 2. The second kappa shape index (κ2) is 7.12. The molecule has 0 unspecified atom stereocenters. The number of alkyl halides is 3. The number of hydrogen-bond donors (Lipinski definition) is 2. The molecule has 0 aliphatic carbocycles. The van der Waals surface area contributed by atoms with Crippen molar-refractivity contribution < 1.29 is 17.9 Å². The minimum atomic E-state index is -4.96. The summed E-state index contributed by atoms with van der Waals surface area (Å²) < 4.78 is 40.6. The lowest BCUT2D eigenvalue weighted by atomic mass is 10.2. The lowest BCUT2D eigenvalue weighted by Crippen LogP contribution is -2.17. The highest BCUT2D eigenvalue weighted by atomic mass is 35.5. The molecule has 7 nitrogen and oxygen atoms in total. The van der Waals surface area contributed by atoms with Crippen molar-refractivity contribution in [1.82, 2.24) is 20.6 Å². The van der Waals surface area contributed by atoms with Gasteiger partial charge < -0.3 is 10.1 Å². The van der Waals surface area contributed by atoms with Crippen LogP contribution in [-0.4, -0.2) is 27.0 Å². The van der Waals surface area contributed by atoms with Crippen LogP contribution in [-0.2, 0) is 0 Å². The molecule has 0 aliphatic rings. The van der Waals surface area contributed by atoms with Gasteiger partial charge in [0.2, 0.25) is 5.82 Å². The Kier molecular flexibility index (Phi) is 5.38.